The molecule has 0 fully saturated rings. The molecule has 0 radical (unpaired) electrons. The van der Waals surface area contributed by atoms with Crippen LogP contribution in [-0.4, -0.2) is 33.2 Å². The molecule has 0 atom stereocenters. The molecular weight excluding hydrogens is 783 g/mol. The molecule has 0 aliphatic rings. The van der Waals surface area contributed by atoms with Gasteiger partial charge in [0.1, 0.15) is 0 Å². The third-order valence-corrected chi connectivity index (χ3v) is 11.7. The number of aromatic nitrogens is 7. The van der Waals surface area contributed by atoms with Crippen LogP contribution < -0.4 is 0 Å². The number of para-hydroxylation sites is 8. The minimum Gasteiger partial charge on any atom is -0.308 e. The average molecular weight is 837 g/mol. The van der Waals surface area contributed by atoms with Crippen molar-refractivity contribution in [2.75, 3.05) is 0 Å². The van der Waals surface area contributed by atoms with Crippen molar-refractivity contribution in [3.63, 3.8) is 0 Å². The summed E-state index contributed by atoms with van der Waals surface area (Å²) in [6.45, 7) is 0. The lowest BCUT2D eigenvalue weighted by molar-refractivity contribution is 0.890. The summed E-state index contributed by atoms with van der Waals surface area (Å²) in [7, 11) is 0. The molecule has 0 saturated carbocycles. The summed E-state index contributed by atoms with van der Waals surface area (Å²) in [6.07, 6.45) is 0. The van der Waals surface area contributed by atoms with Gasteiger partial charge in [0, 0.05) is 43.1 Å². The van der Waals surface area contributed by atoms with Crippen LogP contribution in [0.4, 0.5) is 0 Å². The SMILES string of the molecule is [2H]c1c([2H])c(-n2c3ccccc3c3ccccc32)c(-c2nc(-n3c4ccccc4c4ccccc43)nc(-n3c4c([2H])c([2H])c([2H])c([2H])c4c4c([2H])c([2H])c([2H])c([2H])c43)n2)c(-n2c3c([2H])c([2H])c([2H])c([2H])c3c3c([2H])c([2H])c([2H])c([2H])c32)c1[2H]. The standard InChI is InChI=1S/C57H35N7/c1-9-26-44-36(18-1)37-19-2-10-27-45(37)61(44)52-34-17-35-53(62-46-28-11-3-20-38(46)39-21-4-12-29-47(39)62)54(52)55-58-56(63-48-30-13-5-22-40(48)41-23-6-14-31-49(41)63)60-57(59-55)64-50-32-15-7-24-42(50)43-25-8-16-33-51(43)64/h1-35H/i1D,2D,5D,6D,9D,10D,13D,14D,17D,18D,19D,22D,23D,26D,27D,30D,31D,34D,35D. The van der Waals surface area contributed by atoms with Gasteiger partial charge in [-0.1, -0.05) is 151 Å². The molecule has 7 nitrogen and oxygen atoms in total. The Labute approximate surface area is 392 Å². The van der Waals surface area contributed by atoms with Crippen molar-refractivity contribution in [1.29, 1.82) is 0 Å². The fourth-order valence-electron chi connectivity index (χ4n) is 9.17. The number of hydrogen-bond donors (Lipinski definition) is 0. The van der Waals surface area contributed by atoms with Crippen LogP contribution in [0.25, 0.3) is 122 Å². The largest absolute Gasteiger partial charge is 0.308 e. The number of fused-ring (bicyclic) bond motifs is 12. The smallest absolute Gasteiger partial charge is 0.240 e. The molecular formula is C57H35N7. The summed E-state index contributed by atoms with van der Waals surface area (Å²) in [5.74, 6) is -1.26. The van der Waals surface area contributed by atoms with E-state index in [-0.39, 0.29) is 49.8 Å². The maximum atomic E-state index is 10.2. The van der Waals surface area contributed by atoms with Gasteiger partial charge >= 0.3 is 0 Å². The van der Waals surface area contributed by atoms with Gasteiger partial charge in [-0.15, -0.1) is 0 Å². The Morgan fingerprint density at radius 2 is 0.594 bits per heavy atom. The molecule has 7 heteroatoms. The Bertz CT molecular complexity index is 5090. The molecule has 298 valence electrons. The van der Waals surface area contributed by atoms with E-state index in [1.165, 1.54) is 0 Å². The van der Waals surface area contributed by atoms with Gasteiger partial charge in [0.15, 0.2) is 5.82 Å². The topological polar surface area (TPSA) is 58.4 Å². The molecule has 0 spiro atoms. The predicted molar refractivity (Wildman–Crippen MR) is 263 cm³/mol. The van der Waals surface area contributed by atoms with E-state index in [0.717, 1.165) is 9.13 Å². The van der Waals surface area contributed by atoms with Crippen LogP contribution in [0.3, 0.4) is 0 Å². The predicted octanol–water partition coefficient (Wildman–Crippen LogP) is 13.9. The van der Waals surface area contributed by atoms with Crippen LogP contribution in [0.15, 0.2) is 212 Å². The molecule has 64 heavy (non-hydrogen) atoms. The number of nitrogens with zero attached hydrogens (tertiary/aromatic N) is 7. The van der Waals surface area contributed by atoms with E-state index in [0.29, 0.717) is 43.6 Å². The molecule has 0 N–H and O–H groups in total. The first-order valence-electron chi connectivity index (χ1n) is 29.6. The van der Waals surface area contributed by atoms with Crippen molar-refractivity contribution >= 4 is 87.2 Å². The zero-order chi connectivity index (χ0) is 58.4. The first-order valence-corrected chi connectivity index (χ1v) is 20.1. The van der Waals surface area contributed by atoms with Gasteiger partial charge in [-0.25, -0.2) is 0 Å². The zero-order valence-electron chi connectivity index (χ0n) is 51.9. The van der Waals surface area contributed by atoms with E-state index in [9.17, 15) is 15.1 Å². The van der Waals surface area contributed by atoms with Crippen molar-refractivity contribution in [1.82, 2.24) is 33.2 Å². The second kappa shape index (κ2) is 13.3. The molecule has 14 rings (SSSR count). The Morgan fingerprint density at radius 1 is 0.281 bits per heavy atom. The molecule has 14 aromatic rings. The molecule has 0 saturated heterocycles. The van der Waals surface area contributed by atoms with Crippen molar-refractivity contribution in [2.24, 2.45) is 0 Å². The highest BCUT2D eigenvalue weighted by Gasteiger charge is 2.26. The number of benzene rings is 9. The average Bonchev–Trinajstić information content (AvgIpc) is 2.12. The molecule has 5 aromatic heterocycles. The Balaban J connectivity index is 1.30. The van der Waals surface area contributed by atoms with Crippen molar-refractivity contribution in [3.05, 3.63) is 212 Å². The van der Waals surface area contributed by atoms with E-state index in [2.05, 4.69) is 0 Å². The van der Waals surface area contributed by atoms with Gasteiger partial charge in [0.25, 0.3) is 0 Å². The van der Waals surface area contributed by atoms with Gasteiger partial charge in [0.05, 0.1) is 87.1 Å². The molecule has 0 unspecified atom stereocenters. The fourth-order valence-corrected chi connectivity index (χ4v) is 9.17. The quantitative estimate of drug-likeness (QED) is 0.173. The molecule has 0 aliphatic heterocycles. The highest BCUT2D eigenvalue weighted by Crippen LogP contribution is 2.42. The normalized spacial score (nSPS) is 16.2. The highest BCUT2D eigenvalue weighted by atomic mass is 15.3. The van der Waals surface area contributed by atoms with E-state index in [1.807, 2.05) is 36.4 Å². The lowest BCUT2D eigenvalue weighted by Gasteiger charge is -2.20. The maximum absolute atomic E-state index is 10.2. The monoisotopic (exact) mass is 836 g/mol. The Morgan fingerprint density at radius 3 is 1.00 bits per heavy atom. The van der Waals surface area contributed by atoms with Crippen LogP contribution in [0.5, 0.6) is 0 Å². The maximum Gasteiger partial charge on any atom is 0.240 e. The Hall–Kier alpha value is -8.81. The lowest BCUT2D eigenvalue weighted by atomic mass is 10.1. The van der Waals surface area contributed by atoms with Crippen LogP contribution in [0.1, 0.15) is 26.0 Å². The second-order valence-electron chi connectivity index (χ2n) is 15.0. The van der Waals surface area contributed by atoms with Gasteiger partial charge in [0.2, 0.25) is 11.9 Å². The number of rotatable bonds is 5. The van der Waals surface area contributed by atoms with Gasteiger partial charge < -0.3 is 9.13 Å². The molecule has 0 amide bonds. The van der Waals surface area contributed by atoms with Crippen LogP contribution in [0.2, 0.25) is 0 Å². The van der Waals surface area contributed by atoms with Gasteiger partial charge in [-0.05, 0) is 60.5 Å². The highest BCUT2D eigenvalue weighted by molar-refractivity contribution is 6.13. The Kier molecular flexibility index (Phi) is 4.44. The third kappa shape index (κ3) is 4.83. The number of hydrogen-bond acceptors (Lipinski definition) is 3. The minimum absolute atomic E-state index is 0.216. The second-order valence-corrected chi connectivity index (χ2v) is 15.0. The van der Waals surface area contributed by atoms with E-state index in [4.69, 9.17) is 25.9 Å². The van der Waals surface area contributed by atoms with E-state index in [1.54, 1.807) is 69.8 Å². The molecule has 0 aliphatic carbocycles. The summed E-state index contributed by atoms with van der Waals surface area (Å²) in [5, 5.41) is 1.41. The van der Waals surface area contributed by atoms with Crippen molar-refractivity contribution in [3.8, 4) is 34.7 Å². The van der Waals surface area contributed by atoms with Crippen LogP contribution >= 0.6 is 0 Å². The van der Waals surface area contributed by atoms with Crippen LogP contribution in [-0.2, 0) is 0 Å². The minimum atomic E-state index is -0.798. The molecule has 0 bridgehead atoms. The molecule has 9 aromatic carbocycles. The van der Waals surface area contributed by atoms with Gasteiger partial charge in [-0.3, -0.25) is 9.13 Å². The summed E-state index contributed by atoms with van der Waals surface area (Å²) in [6, 6.07) is 15.2. The van der Waals surface area contributed by atoms with Crippen LogP contribution in [0, 0.1) is 0 Å². The van der Waals surface area contributed by atoms with E-state index >= 15 is 0 Å². The zero-order valence-corrected chi connectivity index (χ0v) is 32.9. The summed E-state index contributed by atoms with van der Waals surface area (Å²) >= 11 is 0. The first-order chi connectivity index (χ1) is 39.7. The van der Waals surface area contributed by atoms with Gasteiger partial charge in [-0.2, -0.15) is 15.0 Å². The van der Waals surface area contributed by atoms with Crippen molar-refractivity contribution < 1.29 is 26.0 Å². The molecule has 5 heterocycles. The van der Waals surface area contributed by atoms with E-state index < -0.39 is 143 Å². The lowest BCUT2D eigenvalue weighted by Crippen LogP contribution is -2.12. The third-order valence-electron chi connectivity index (χ3n) is 11.7. The fraction of sp³-hybridized carbons (Fsp3) is 0. The first kappa shape index (κ1) is 21.3. The summed E-state index contributed by atoms with van der Waals surface area (Å²) in [5.41, 5.74) is -0.764. The van der Waals surface area contributed by atoms with Crippen molar-refractivity contribution in [2.45, 2.75) is 0 Å². The summed E-state index contributed by atoms with van der Waals surface area (Å²) in [4.78, 5) is 15.5. The summed E-state index contributed by atoms with van der Waals surface area (Å²) < 4.78 is 182.